The van der Waals surface area contributed by atoms with E-state index >= 15 is 8.78 Å². The fourth-order valence-corrected chi connectivity index (χ4v) is 11.4. The van der Waals surface area contributed by atoms with E-state index in [1.807, 2.05) is 56.9 Å². The Balaban J connectivity index is 1.13. The second-order valence-corrected chi connectivity index (χ2v) is 20.3. The molecular weight excluding hydrogens is 923 g/mol. The van der Waals surface area contributed by atoms with Gasteiger partial charge in [0.15, 0.2) is 11.6 Å². The Bertz CT molecular complexity index is 2730. The van der Waals surface area contributed by atoms with Gasteiger partial charge in [-0.05, 0) is 113 Å². The summed E-state index contributed by atoms with van der Waals surface area (Å²) in [6.07, 6.45) is -1.80. The van der Waals surface area contributed by atoms with Crippen LogP contribution in [0, 0.1) is 18.6 Å². The van der Waals surface area contributed by atoms with Gasteiger partial charge >= 0.3 is 12.1 Å². The van der Waals surface area contributed by atoms with Crippen molar-refractivity contribution in [3.63, 3.8) is 0 Å². The number of hydrogen-bond donors (Lipinski definition) is 0. The monoisotopic (exact) mass is 983 g/mol. The zero-order valence-corrected chi connectivity index (χ0v) is 41.2. The van der Waals surface area contributed by atoms with E-state index in [4.69, 9.17) is 43.4 Å². The number of alkyl halides is 2. The third kappa shape index (κ3) is 9.44. The van der Waals surface area contributed by atoms with Gasteiger partial charge in [-0.25, -0.2) is 27.3 Å². The van der Waals surface area contributed by atoms with E-state index in [0.29, 0.717) is 55.5 Å². The average Bonchev–Trinajstić information content (AvgIpc) is 3.87. The number of amides is 1. The van der Waals surface area contributed by atoms with Gasteiger partial charge in [-0.1, -0.05) is 24.3 Å². The summed E-state index contributed by atoms with van der Waals surface area (Å²) in [7, 11) is 3.14. The Labute approximate surface area is 411 Å². The lowest BCUT2D eigenvalue weighted by Gasteiger charge is -2.48. The normalized spacial score (nSPS) is 22.8. The number of nitrogens with zero attached hydrogens (tertiary/aromatic N) is 7. The Kier molecular flexibility index (Phi) is 13.3. The molecule has 0 aliphatic carbocycles. The number of anilines is 2. The minimum absolute atomic E-state index is 0.0375. The molecule has 378 valence electrons. The van der Waals surface area contributed by atoms with Crippen molar-refractivity contribution in [1.82, 2.24) is 24.8 Å². The SMILES string of the molecule is COc1ccc(CN(Cc2ccc(OC)cc2)c2cc(C)c(CC(F)F)c(-c3nc4c5c(nc(OC[C@@H]6CC[C@H]7COCCN76)nc5c3F)N3C[C@H]5CC[C@@H]([C@H]3[C@H](C)O4)N5C(=O)OC(C)(C)C)c2F)cc1. The van der Waals surface area contributed by atoms with E-state index in [9.17, 15) is 13.6 Å². The zero-order chi connectivity index (χ0) is 49.9. The second-order valence-electron chi connectivity index (χ2n) is 20.3. The maximum atomic E-state index is 18.2. The van der Waals surface area contributed by atoms with E-state index in [-0.39, 0.29) is 77.9 Å². The zero-order valence-electron chi connectivity index (χ0n) is 41.2. The number of carbonyl (C=O) groups is 1. The van der Waals surface area contributed by atoms with Gasteiger partial charge in [0.25, 0.3) is 0 Å². The van der Waals surface area contributed by atoms with Crippen LogP contribution < -0.4 is 28.7 Å². The van der Waals surface area contributed by atoms with Crippen LogP contribution in [0.15, 0.2) is 54.6 Å². The summed E-state index contributed by atoms with van der Waals surface area (Å²) in [5.74, 6) is -0.503. The topological polar surface area (TPSA) is 124 Å². The van der Waals surface area contributed by atoms with Gasteiger partial charge in [-0.15, -0.1) is 0 Å². The van der Waals surface area contributed by atoms with Crippen molar-refractivity contribution in [3.8, 4) is 34.6 Å². The van der Waals surface area contributed by atoms with Crippen LogP contribution >= 0.6 is 0 Å². The summed E-state index contributed by atoms with van der Waals surface area (Å²) in [5.41, 5.74) is -0.0913. The number of carbonyl (C=O) groups excluding carboxylic acids is 1. The fraction of sp³-hybridized carbons (Fsp3) is 0.509. The van der Waals surface area contributed by atoms with Gasteiger partial charge in [0.05, 0.1) is 51.2 Å². The Hall–Kier alpha value is -6.14. The highest BCUT2D eigenvalue weighted by Gasteiger charge is 2.54. The molecule has 0 radical (unpaired) electrons. The molecule has 0 spiro atoms. The summed E-state index contributed by atoms with van der Waals surface area (Å²) < 4.78 is 102. The number of halogens is 4. The molecule has 18 heteroatoms. The molecule has 2 aromatic heterocycles. The number of aromatic nitrogens is 3. The highest BCUT2D eigenvalue weighted by atomic mass is 19.3. The van der Waals surface area contributed by atoms with Crippen molar-refractivity contribution in [1.29, 1.82) is 0 Å². The summed E-state index contributed by atoms with van der Waals surface area (Å²) >= 11 is 0. The fourth-order valence-electron chi connectivity index (χ4n) is 11.4. The maximum absolute atomic E-state index is 18.2. The largest absolute Gasteiger partial charge is 0.497 e. The molecule has 14 nitrogen and oxygen atoms in total. The smallest absolute Gasteiger partial charge is 0.410 e. The molecule has 0 saturated carbocycles. The van der Waals surface area contributed by atoms with Gasteiger partial charge in [-0.3, -0.25) is 9.80 Å². The van der Waals surface area contributed by atoms with Crippen LogP contribution in [-0.4, -0.2) is 126 Å². The minimum Gasteiger partial charge on any atom is -0.497 e. The molecule has 1 amide bonds. The third-order valence-electron chi connectivity index (χ3n) is 14.6. The molecule has 5 aliphatic heterocycles. The van der Waals surface area contributed by atoms with Crippen LogP contribution in [0.5, 0.6) is 23.4 Å². The predicted octanol–water partition coefficient (Wildman–Crippen LogP) is 9.29. The number of morpholine rings is 1. The van der Waals surface area contributed by atoms with Crippen molar-refractivity contribution in [2.24, 2.45) is 0 Å². The van der Waals surface area contributed by atoms with Gasteiger partial charge < -0.3 is 38.2 Å². The van der Waals surface area contributed by atoms with Crippen molar-refractivity contribution in [2.75, 3.05) is 56.9 Å². The number of rotatable bonds is 13. The Morgan fingerprint density at radius 1 is 0.901 bits per heavy atom. The number of methoxy groups -OCH3 is 2. The molecule has 2 bridgehead atoms. The molecule has 4 fully saturated rings. The number of aryl methyl sites for hydroxylation is 1. The number of pyridine rings is 1. The molecule has 5 aromatic rings. The van der Waals surface area contributed by atoms with Crippen LogP contribution in [0.2, 0.25) is 0 Å². The molecule has 3 aromatic carbocycles. The summed E-state index contributed by atoms with van der Waals surface area (Å²) in [4.78, 5) is 36.4. The van der Waals surface area contributed by atoms with Gasteiger partial charge in [0.2, 0.25) is 12.3 Å². The summed E-state index contributed by atoms with van der Waals surface area (Å²) in [5, 5.41) is 0.136. The van der Waals surface area contributed by atoms with E-state index in [0.717, 1.165) is 30.5 Å². The lowest BCUT2D eigenvalue weighted by molar-refractivity contribution is -0.0101. The molecule has 7 heterocycles. The maximum Gasteiger partial charge on any atom is 0.410 e. The van der Waals surface area contributed by atoms with Crippen LogP contribution in [0.25, 0.3) is 22.2 Å². The lowest BCUT2D eigenvalue weighted by atomic mass is 9.93. The van der Waals surface area contributed by atoms with Crippen LogP contribution in [0.3, 0.4) is 0 Å². The van der Waals surface area contributed by atoms with Crippen molar-refractivity contribution in [2.45, 2.75) is 128 Å². The number of piperazine rings is 1. The molecule has 5 aliphatic rings. The minimum atomic E-state index is -2.91. The summed E-state index contributed by atoms with van der Waals surface area (Å²) in [6.45, 7) is 11.8. The number of hydrogen-bond acceptors (Lipinski definition) is 13. The lowest BCUT2D eigenvalue weighted by Crippen LogP contribution is -2.65. The average molecular weight is 984 g/mol. The summed E-state index contributed by atoms with van der Waals surface area (Å²) in [6, 6.07) is 15.2. The number of fused-ring (bicyclic) bond motifs is 6. The first-order valence-corrected chi connectivity index (χ1v) is 24.5. The highest BCUT2D eigenvalue weighted by molar-refractivity contribution is 5.98. The highest BCUT2D eigenvalue weighted by Crippen LogP contribution is 2.48. The quantitative estimate of drug-likeness (QED) is 0.104. The van der Waals surface area contributed by atoms with Gasteiger partial charge in [0, 0.05) is 50.2 Å². The Morgan fingerprint density at radius 2 is 1.58 bits per heavy atom. The molecule has 4 saturated heterocycles. The van der Waals surface area contributed by atoms with E-state index in [2.05, 4.69) is 4.90 Å². The number of benzene rings is 3. The molecule has 0 N–H and O–H groups in total. The van der Waals surface area contributed by atoms with Crippen LogP contribution in [-0.2, 0) is 29.0 Å². The van der Waals surface area contributed by atoms with E-state index in [1.54, 1.807) is 55.2 Å². The third-order valence-corrected chi connectivity index (χ3v) is 14.6. The van der Waals surface area contributed by atoms with Crippen LogP contribution in [0.1, 0.15) is 75.6 Å². The molecule has 10 rings (SSSR count). The van der Waals surface area contributed by atoms with Gasteiger partial charge in [0.1, 0.15) is 52.2 Å². The molecule has 71 heavy (non-hydrogen) atoms. The number of ether oxygens (including phenoxy) is 6. The van der Waals surface area contributed by atoms with Crippen LogP contribution in [0.4, 0.5) is 33.9 Å². The second kappa shape index (κ2) is 19.5. The predicted molar refractivity (Wildman–Crippen MR) is 259 cm³/mol. The van der Waals surface area contributed by atoms with Gasteiger partial charge in [-0.2, -0.15) is 9.97 Å². The van der Waals surface area contributed by atoms with Crippen molar-refractivity contribution < 1.29 is 50.8 Å². The van der Waals surface area contributed by atoms with Crippen molar-refractivity contribution >= 4 is 28.5 Å². The van der Waals surface area contributed by atoms with Crippen molar-refractivity contribution in [3.05, 3.63) is 88.5 Å². The first-order valence-electron chi connectivity index (χ1n) is 24.5. The molecule has 0 unspecified atom stereocenters. The Morgan fingerprint density at radius 3 is 2.23 bits per heavy atom. The first kappa shape index (κ1) is 48.5. The first-order chi connectivity index (χ1) is 34.1. The molecule has 6 atom stereocenters. The van der Waals surface area contributed by atoms with E-state index in [1.165, 1.54) is 6.07 Å². The standard InChI is InChI=1S/C53H61F4N7O7/c1-29-22-40(61(24-31-8-15-36(66-6)16-9-31)25-32-10-17-37(67-7)18-11-32)44(56)42(38(29)23-41(54)55)46-45(57)47-43-49(60-51(59-47)69-28-35-13-12-34-27-68-21-20-62(34)35)63-26-33-14-19-39(48(63)30(2)70-50(43)58-46)64(33)52(65)71-53(3,4)5/h8-11,15-18,22,30,33-35,39,41,48H,12-14,19-21,23-28H2,1-7H3/t30-,33+,34-,35-,39-,48+/m0/s1. The molecular formula is C53H61F4N7O7. The van der Waals surface area contributed by atoms with E-state index < -0.39 is 59.6 Å².